The van der Waals surface area contributed by atoms with E-state index in [1.807, 2.05) is 0 Å². The third-order valence-corrected chi connectivity index (χ3v) is 14.4. The van der Waals surface area contributed by atoms with Crippen LogP contribution >= 0.6 is 23.2 Å². The first kappa shape index (κ1) is 30.8. The van der Waals surface area contributed by atoms with E-state index in [1.165, 1.54) is 106 Å². The van der Waals surface area contributed by atoms with Crippen LogP contribution in [0.2, 0.25) is 0 Å². The van der Waals surface area contributed by atoms with Crippen molar-refractivity contribution < 1.29 is 0 Å². The van der Waals surface area contributed by atoms with E-state index in [2.05, 4.69) is 126 Å². The minimum Gasteiger partial charge on any atom is -0.0885 e. The van der Waals surface area contributed by atoms with Crippen molar-refractivity contribution in [2.75, 3.05) is 0 Å². The Hall–Kier alpha value is -1.69. The fourth-order valence-electron chi connectivity index (χ4n) is 5.50. The van der Waals surface area contributed by atoms with E-state index in [9.17, 15) is 0 Å². The molecule has 0 nitrogen and oxygen atoms in total. The van der Waals surface area contributed by atoms with Crippen LogP contribution in [0.25, 0.3) is 0 Å². The fraction of sp³-hybridized carbons (Fsp3) is 0.444. The second-order valence-corrected chi connectivity index (χ2v) is 16.0. The molecule has 0 amide bonds. The van der Waals surface area contributed by atoms with E-state index < -0.39 is 7.26 Å². The van der Waals surface area contributed by atoms with E-state index in [4.69, 9.17) is 0 Å². The Morgan fingerprint density at radius 2 is 0.895 bits per heavy atom. The summed E-state index contributed by atoms with van der Waals surface area (Å²) in [4.78, 5) is 0. The van der Waals surface area contributed by atoms with Crippen LogP contribution < -0.4 is 15.9 Å². The van der Waals surface area contributed by atoms with Crippen LogP contribution in [0.3, 0.4) is 0 Å². The molecule has 0 saturated heterocycles. The van der Waals surface area contributed by atoms with Crippen LogP contribution in [0.5, 0.6) is 0 Å². The van der Waals surface area contributed by atoms with E-state index in [1.54, 1.807) is 0 Å². The Kier molecular flexibility index (Phi) is 15.1. The zero-order valence-electron chi connectivity index (χ0n) is 23.6. The Morgan fingerprint density at radius 3 is 1.32 bits per heavy atom. The lowest BCUT2D eigenvalue weighted by molar-refractivity contribution is 0.605. The zero-order chi connectivity index (χ0) is 26.7. The molecule has 0 aromatic heterocycles. The molecule has 204 valence electrons. The van der Waals surface area contributed by atoms with Gasteiger partial charge in [-0.1, -0.05) is 125 Å². The molecule has 0 radical (unpaired) electrons. The number of hydrogen-bond donors (Lipinski definition) is 0. The van der Waals surface area contributed by atoms with Gasteiger partial charge >= 0.3 is 0 Å². The highest BCUT2D eigenvalue weighted by atomic mass is 79.9. The lowest BCUT2D eigenvalue weighted by atomic mass is 10.1. The topological polar surface area (TPSA) is 0 Å². The first-order chi connectivity index (χ1) is 18.8. The lowest BCUT2D eigenvalue weighted by Crippen LogP contribution is -2.36. The minimum atomic E-state index is -1.82. The van der Waals surface area contributed by atoms with Gasteiger partial charge in [0.15, 0.2) is 0 Å². The smallest absolute Gasteiger partial charge is 0.0885 e. The van der Waals surface area contributed by atoms with Gasteiger partial charge in [-0.3, -0.25) is 0 Å². The molecule has 2 heteroatoms. The third kappa shape index (κ3) is 9.50. The standard InChI is InChI=1S/C36H49BrP/c1-2-3-4-5-6-7-8-9-10-11-12-13-14-15-25-32-36(37)38(33-26-19-16-20-27-33,34-28-21-17-22-29-34)35-30-23-18-24-31-35/h9-10,16-24,26-31,36H,2-8,11-15,25,32H2,1H3/q+1. The SMILES string of the molecule is CCCCCCCCC=CCCCCCCCC(Br)[P+](c1ccccc1)(c1ccccc1)c1ccccc1. The minimum absolute atomic E-state index is 0.423. The van der Waals surface area contributed by atoms with Gasteiger partial charge in [-0.25, -0.2) is 0 Å². The van der Waals surface area contributed by atoms with Gasteiger partial charge in [0.25, 0.3) is 0 Å². The molecule has 0 aliphatic carbocycles. The maximum absolute atomic E-state index is 4.29. The molecule has 0 N–H and O–H groups in total. The van der Waals surface area contributed by atoms with E-state index in [-0.39, 0.29) is 0 Å². The molecule has 0 heterocycles. The number of benzene rings is 3. The molecular formula is C36H49BrP+. The highest BCUT2D eigenvalue weighted by molar-refractivity contribution is 9.11. The summed E-state index contributed by atoms with van der Waals surface area (Å²) < 4.78 is 0.423. The Morgan fingerprint density at radius 1 is 0.526 bits per heavy atom. The summed E-state index contributed by atoms with van der Waals surface area (Å²) >= 11 is 4.29. The summed E-state index contributed by atoms with van der Waals surface area (Å²) in [7, 11) is -1.82. The van der Waals surface area contributed by atoms with E-state index >= 15 is 0 Å². The highest BCUT2D eigenvalue weighted by Gasteiger charge is 2.50. The molecule has 0 spiro atoms. The van der Waals surface area contributed by atoms with Crippen molar-refractivity contribution in [1.29, 1.82) is 0 Å². The van der Waals surface area contributed by atoms with Crippen molar-refractivity contribution in [3.8, 4) is 0 Å². The lowest BCUT2D eigenvalue weighted by Gasteiger charge is -2.32. The van der Waals surface area contributed by atoms with Crippen LogP contribution in [0.15, 0.2) is 103 Å². The third-order valence-electron chi connectivity index (χ3n) is 7.61. The van der Waals surface area contributed by atoms with Gasteiger partial charge in [0, 0.05) is 0 Å². The fourth-order valence-corrected chi connectivity index (χ4v) is 12.3. The van der Waals surface area contributed by atoms with Crippen molar-refractivity contribution in [1.82, 2.24) is 0 Å². The quantitative estimate of drug-likeness (QED) is 0.0562. The Labute approximate surface area is 242 Å². The molecule has 0 aliphatic rings. The van der Waals surface area contributed by atoms with E-state index in [0.29, 0.717) is 4.57 Å². The first-order valence-corrected chi connectivity index (χ1v) is 17.9. The van der Waals surface area contributed by atoms with Gasteiger partial charge in [-0.2, -0.15) is 0 Å². The van der Waals surface area contributed by atoms with Crippen molar-refractivity contribution in [2.45, 2.75) is 101 Å². The number of rotatable bonds is 19. The molecule has 3 aromatic rings. The summed E-state index contributed by atoms with van der Waals surface area (Å²) in [5.74, 6) is 0. The predicted molar refractivity (Wildman–Crippen MR) is 177 cm³/mol. The van der Waals surface area contributed by atoms with Crippen LogP contribution in [0, 0.1) is 0 Å². The van der Waals surface area contributed by atoms with Crippen LogP contribution in [-0.4, -0.2) is 4.57 Å². The number of allylic oxidation sites excluding steroid dienone is 2. The Balaban J connectivity index is 1.50. The second kappa shape index (κ2) is 18.6. The molecule has 0 fully saturated rings. The van der Waals surface area contributed by atoms with Crippen LogP contribution in [0.1, 0.15) is 96.8 Å². The summed E-state index contributed by atoms with van der Waals surface area (Å²) in [6, 6.07) is 33.8. The van der Waals surface area contributed by atoms with Crippen LogP contribution in [0.4, 0.5) is 0 Å². The number of hydrogen-bond acceptors (Lipinski definition) is 0. The number of halogens is 1. The summed E-state index contributed by atoms with van der Waals surface area (Å²) in [5.41, 5.74) is 0. The predicted octanol–water partition coefficient (Wildman–Crippen LogP) is 10.7. The summed E-state index contributed by atoms with van der Waals surface area (Å²) in [6.45, 7) is 2.29. The monoisotopic (exact) mass is 591 g/mol. The molecular weight excluding hydrogens is 543 g/mol. The zero-order valence-corrected chi connectivity index (χ0v) is 26.1. The van der Waals surface area contributed by atoms with Gasteiger partial charge < -0.3 is 0 Å². The largest absolute Gasteiger partial charge is 0.137 e. The molecule has 0 bridgehead atoms. The van der Waals surface area contributed by atoms with Crippen molar-refractivity contribution >= 4 is 39.1 Å². The molecule has 1 unspecified atom stereocenters. The average molecular weight is 593 g/mol. The summed E-state index contributed by atoms with van der Waals surface area (Å²) in [5, 5.41) is 4.39. The van der Waals surface area contributed by atoms with Gasteiger partial charge in [0.1, 0.15) is 27.7 Å². The summed E-state index contributed by atoms with van der Waals surface area (Å²) in [6.07, 6.45) is 23.6. The van der Waals surface area contributed by atoms with E-state index in [0.717, 1.165) is 0 Å². The molecule has 1 atom stereocenters. The van der Waals surface area contributed by atoms with Gasteiger partial charge in [0.05, 0.1) is 0 Å². The van der Waals surface area contributed by atoms with Crippen molar-refractivity contribution in [2.24, 2.45) is 0 Å². The molecule has 0 saturated carbocycles. The molecule has 3 rings (SSSR count). The number of alkyl halides is 1. The maximum Gasteiger partial charge on any atom is 0.137 e. The number of unbranched alkanes of at least 4 members (excludes halogenated alkanes) is 11. The molecule has 3 aromatic carbocycles. The molecule has 38 heavy (non-hydrogen) atoms. The average Bonchev–Trinajstić information content (AvgIpc) is 2.97. The van der Waals surface area contributed by atoms with Gasteiger partial charge in [-0.05, 0) is 90.9 Å². The van der Waals surface area contributed by atoms with Crippen LogP contribution in [-0.2, 0) is 0 Å². The Bertz CT molecular complexity index is 903. The van der Waals surface area contributed by atoms with Gasteiger partial charge in [0.2, 0.25) is 0 Å². The molecule has 0 aliphatic heterocycles. The highest BCUT2D eigenvalue weighted by Crippen LogP contribution is 2.63. The van der Waals surface area contributed by atoms with Crippen molar-refractivity contribution in [3.05, 3.63) is 103 Å². The maximum atomic E-state index is 4.29. The first-order valence-electron chi connectivity index (χ1n) is 15.1. The second-order valence-electron chi connectivity index (χ2n) is 10.5. The van der Waals surface area contributed by atoms with Gasteiger partial charge in [-0.15, -0.1) is 0 Å². The van der Waals surface area contributed by atoms with Crippen molar-refractivity contribution in [3.63, 3.8) is 0 Å². The normalized spacial score (nSPS) is 12.7.